The van der Waals surface area contributed by atoms with E-state index in [2.05, 4.69) is 0 Å². The van der Waals surface area contributed by atoms with Crippen LogP contribution in [0.2, 0.25) is 0 Å². The van der Waals surface area contributed by atoms with Gasteiger partial charge in [-0.25, -0.2) is 0 Å². The van der Waals surface area contributed by atoms with Crippen LogP contribution in [0, 0.1) is 11.8 Å². The lowest BCUT2D eigenvalue weighted by Gasteiger charge is -2.12. The van der Waals surface area contributed by atoms with E-state index in [1.165, 1.54) is 12.8 Å². The Morgan fingerprint density at radius 2 is 1.30 bits per heavy atom. The predicted molar refractivity (Wildman–Crippen MR) is 37.9 cm³/mol. The second kappa shape index (κ2) is 2.89. The summed E-state index contributed by atoms with van der Waals surface area (Å²) in [6.45, 7) is 3.91. The average Bonchev–Trinajstić information content (AvgIpc) is 2.59. The summed E-state index contributed by atoms with van der Waals surface area (Å²) in [5.41, 5.74) is 0. The molecule has 0 saturated carbocycles. The Kier molecular flexibility index (Phi) is 1.91. The molecule has 2 rings (SSSR count). The molecule has 0 aromatic rings. The van der Waals surface area contributed by atoms with Crippen LogP contribution in [0.25, 0.3) is 0 Å². The molecule has 2 fully saturated rings. The van der Waals surface area contributed by atoms with Gasteiger partial charge in [0.2, 0.25) is 0 Å². The van der Waals surface area contributed by atoms with Gasteiger partial charge >= 0.3 is 0 Å². The zero-order chi connectivity index (χ0) is 6.81. The summed E-state index contributed by atoms with van der Waals surface area (Å²) in [7, 11) is 0. The summed E-state index contributed by atoms with van der Waals surface area (Å²) < 4.78 is 10.6. The van der Waals surface area contributed by atoms with Gasteiger partial charge in [-0.2, -0.15) is 0 Å². The number of hydrogen-bond donors (Lipinski definition) is 0. The van der Waals surface area contributed by atoms with Gasteiger partial charge < -0.3 is 9.47 Å². The van der Waals surface area contributed by atoms with Crippen molar-refractivity contribution in [2.45, 2.75) is 12.8 Å². The standard InChI is InChI=1S/C8H14O2/c1-3-9-5-7(1)8-2-4-10-6-8/h7-8H,1-6H2. The summed E-state index contributed by atoms with van der Waals surface area (Å²) >= 11 is 0. The first-order chi connectivity index (χ1) is 4.97. The maximum Gasteiger partial charge on any atom is 0.0498 e. The summed E-state index contributed by atoms with van der Waals surface area (Å²) in [6, 6.07) is 0. The summed E-state index contributed by atoms with van der Waals surface area (Å²) in [6.07, 6.45) is 2.52. The fraction of sp³-hybridized carbons (Fsp3) is 1.00. The monoisotopic (exact) mass is 142 g/mol. The van der Waals surface area contributed by atoms with Crippen LogP contribution >= 0.6 is 0 Å². The van der Waals surface area contributed by atoms with E-state index < -0.39 is 0 Å². The minimum absolute atomic E-state index is 0.808. The van der Waals surface area contributed by atoms with Crippen molar-refractivity contribution in [2.75, 3.05) is 26.4 Å². The van der Waals surface area contributed by atoms with Gasteiger partial charge in [0.15, 0.2) is 0 Å². The van der Waals surface area contributed by atoms with Gasteiger partial charge in [0.25, 0.3) is 0 Å². The largest absolute Gasteiger partial charge is 0.381 e. The van der Waals surface area contributed by atoms with Gasteiger partial charge in [0, 0.05) is 26.4 Å². The number of rotatable bonds is 1. The highest BCUT2D eigenvalue weighted by molar-refractivity contribution is 4.76. The molecule has 2 aliphatic heterocycles. The lowest BCUT2D eigenvalue weighted by molar-refractivity contribution is 0.151. The van der Waals surface area contributed by atoms with E-state index in [1.807, 2.05) is 0 Å². The fourth-order valence-corrected chi connectivity index (χ4v) is 1.85. The van der Waals surface area contributed by atoms with Crippen molar-refractivity contribution < 1.29 is 9.47 Å². The van der Waals surface area contributed by atoms with E-state index in [0.717, 1.165) is 38.3 Å². The summed E-state index contributed by atoms with van der Waals surface area (Å²) in [5, 5.41) is 0. The van der Waals surface area contributed by atoms with E-state index in [0.29, 0.717) is 0 Å². The molecule has 2 saturated heterocycles. The lowest BCUT2D eigenvalue weighted by atomic mass is 9.91. The molecular formula is C8H14O2. The van der Waals surface area contributed by atoms with Crippen LogP contribution in [0.3, 0.4) is 0 Å². The van der Waals surface area contributed by atoms with Crippen molar-refractivity contribution in [1.29, 1.82) is 0 Å². The average molecular weight is 142 g/mol. The molecule has 0 N–H and O–H groups in total. The quantitative estimate of drug-likeness (QED) is 0.545. The van der Waals surface area contributed by atoms with Crippen molar-refractivity contribution in [3.8, 4) is 0 Å². The zero-order valence-corrected chi connectivity index (χ0v) is 6.21. The Bertz CT molecular complexity index is 87.8. The third-order valence-electron chi connectivity index (χ3n) is 2.60. The highest BCUT2D eigenvalue weighted by atomic mass is 16.5. The Morgan fingerprint density at radius 1 is 0.800 bits per heavy atom. The third kappa shape index (κ3) is 1.18. The van der Waals surface area contributed by atoms with Crippen LogP contribution in [-0.4, -0.2) is 26.4 Å². The van der Waals surface area contributed by atoms with Gasteiger partial charge in [-0.3, -0.25) is 0 Å². The van der Waals surface area contributed by atoms with Crippen molar-refractivity contribution in [2.24, 2.45) is 11.8 Å². The first-order valence-electron chi connectivity index (χ1n) is 4.12. The Balaban J connectivity index is 1.85. The molecule has 10 heavy (non-hydrogen) atoms. The number of hydrogen-bond acceptors (Lipinski definition) is 2. The van der Waals surface area contributed by atoms with Crippen LogP contribution in [-0.2, 0) is 9.47 Å². The third-order valence-corrected chi connectivity index (χ3v) is 2.60. The minimum atomic E-state index is 0.808. The molecule has 2 heteroatoms. The van der Waals surface area contributed by atoms with E-state index in [1.54, 1.807) is 0 Å². The molecule has 0 aromatic heterocycles. The highest BCUT2D eigenvalue weighted by Crippen LogP contribution is 2.28. The van der Waals surface area contributed by atoms with Gasteiger partial charge in [-0.05, 0) is 24.7 Å². The van der Waals surface area contributed by atoms with E-state index in [9.17, 15) is 0 Å². The van der Waals surface area contributed by atoms with E-state index in [4.69, 9.17) is 9.47 Å². The fourth-order valence-electron chi connectivity index (χ4n) is 1.85. The predicted octanol–water partition coefficient (Wildman–Crippen LogP) is 1.06. The zero-order valence-electron chi connectivity index (χ0n) is 6.21. The molecule has 0 aromatic carbocycles. The maximum absolute atomic E-state index is 5.31. The molecule has 2 nitrogen and oxygen atoms in total. The molecule has 2 unspecified atom stereocenters. The molecule has 0 bridgehead atoms. The maximum atomic E-state index is 5.31. The highest BCUT2D eigenvalue weighted by Gasteiger charge is 2.28. The summed E-state index contributed by atoms with van der Waals surface area (Å²) in [4.78, 5) is 0. The Morgan fingerprint density at radius 3 is 1.60 bits per heavy atom. The van der Waals surface area contributed by atoms with Gasteiger partial charge in [-0.15, -0.1) is 0 Å². The van der Waals surface area contributed by atoms with Crippen LogP contribution in [0.1, 0.15) is 12.8 Å². The molecule has 0 spiro atoms. The molecule has 2 aliphatic rings. The second-order valence-corrected chi connectivity index (χ2v) is 3.25. The molecule has 0 radical (unpaired) electrons. The minimum Gasteiger partial charge on any atom is -0.381 e. The van der Waals surface area contributed by atoms with E-state index in [-0.39, 0.29) is 0 Å². The van der Waals surface area contributed by atoms with Crippen LogP contribution in [0.4, 0.5) is 0 Å². The van der Waals surface area contributed by atoms with Crippen molar-refractivity contribution >= 4 is 0 Å². The van der Waals surface area contributed by atoms with E-state index >= 15 is 0 Å². The first kappa shape index (κ1) is 6.62. The lowest BCUT2D eigenvalue weighted by Crippen LogP contribution is -2.14. The van der Waals surface area contributed by atoms with Gasteiger partial charge in [-0.1, -0.05) is 0 Å². The second-order valence-electron chi connectivity index (χ2n) is 3.25. The normalized spacial score (nSPS) is 40.8. The van der Waals surface area contributed by atoms with Crippen LogP contribution in [0.5, 0.6) is 0 Å². The molecule has 0 amide bonds. The van der Waals surface area contributed by atoms with Crippen LogP contribution < -0.4 is 0 Å². The Hall–Kier alpha value is -0.0800. The molecule has 0 aliphatic carbocycles. The summed E-state index contributed by atoms with van der Waals surface area (Å²) in [5.74, 6) is 1.62. The topological polar surface area (TPSA) is 18.5 Å². The first-order valence-corrected chi connectivity index (χ1v) is 4.12. The smallest absolute Gasteiger partial charge is 0.0498 e. The molecule has 2 atom stereocenters. The van der Waals surface area contributed by atoms with Crippen molar-refractivity contribution in [3.63, 3.8) is 0 Å². The van der Waals surface area contributed by atoms with Crippen molar-refractivity contribution in [1.82, 2.24) is 0 Å². The van der Waals surface area contributed by atoms with Crippen LogP contribution in [0.15, 0.2) is 0 Å². The van der Waals surface area contributed by atoms with Gasteiger partial charge in [0.05, 0.1) is 0 Å². The molecule has 2 heterocycles. The Labute approximate surface area is 61.5 Å². The molecular weight excluding hydrogens is 128 g/mol. The SMILES string of the molecule is C1CC(C2CCOC2)CO1. The van der Waals surface area contributed by atoms with Crippen molar-refractivity contribution in [3.05, 3.63) is 0 Å². The number of ether oxygens (including phenoxy) is 2. The molecule has 58 valence electrons. The van der Waals surface area contributed by atoms with Gasteiger partial charge in [0.1, 0.15) is 0 Å².